The fourth-order valence-electron chi connectivity index (χ4n) is 3.24. The van der Waals surface area contributed by atoms with E-state index in [1.54, 1.807) is 6.07 Å². The van der Waals surface area contributed by atoms with Crippen molar-refractivity contribution >= 4 is 0 Å². The van der Waals surface area contributed by atoms with Crippen molar-refractivity contribution < 1.29 is 14.9 Å². The van der Waals surface area contributed by atoms with Crippen molar-refractivity contribution in [3.8, 4) is 17.2 Å². The summed E-state index contributed by atoms with van der Waals surface area (Å²) in [6, 6.07) is 11.6. The lowest BCUT2D eigenvalue weighted by Crippen LogP contribution is -2.46. The minimum atomic E-state index is -0.140. The van der Waals surface area contributed by atoms with Gasteiger partial charge in [0.2, 0.25) is 0 Å². The molecule has 2 aliphatic heterocycles. The summed E-state index contributed by atoms with van der Waals surface area (Å²) in [6.45, 7) is 1.40. The molecule has 20 heavy (non-hydrogen) atoms. The van der Waals surface area contributed by atoms with E-state index in [2.05, 4.69) is 17.4 Å². The molecule has 0 amide bonds. The van der Waals surface area contributed by atoms with E-state index in [1.165, 1.54) is 17.2 Å². The first-order chi connectivity index (χ1) is 9.74. The molecule has 0 aromatic heterocycles. The van der Waals surface area contributed by atoms with Gasteiger partial charge < -0.3 is 20.3 Å². The summed E-state index contributed by atoms with van der Waals surface area (Å²) in [6.07, 6.45) is 0. The molecule has 2 aliphatic rings. The normalized spacial score (nSPS) is 23.2. The molecule has 2 aromatic rings. The minimum Gasteiger partial charge on any atom is -0.504 e. The average Bonchev–Trinajstić information content (AvgIpc) is 2.48. The standard InChI is InChI=1S/C16H15NO3/c18-13-5-11-15(6-14(13)19)20-8-12-16(11)10-4-2-1-3-9(10)7-17-12/h1-6,12,16-19H,7-8H2/t12-,16-/m0/s1. The third-order valence-corrected chi connectivity index (χ3v) is 4.21. The summed E-state index contributed by atoms with van der Waals surface area (Å²) in [7, 11) is 0. The predicted octanol–water partition coefficient (Wildman–Crippen LogP) is 2.09. The Labute approximate surface area is 116 Å². The van der Waals surface area contributed by atoms with Crippen LogP contribution >= 0.6 is 0 Å². The molecule has 0 aliphatic carbocycles. The quantitative estimate of drug-likeness (QED) is 0.641. The third-order valence-electron chi connectivity index (χ3n) is 4.21. The molecule has 0 saturated carbocycles. The lowest BCUT2D eigenvalue weighted by atomic mass is 9.78. The van der Waals surface area contributed by atoms with Crippen LogP contribution in [-0.4, -0.2) is 22.9 Å². The highest BCUT2D eigenvalue weighted by atomic mass is 16.5. The zero-order valence-electron chi connectivity index (χ0n) is 10.8. The second-order valence-electron chi connectivity index (χ2n) is 5.35. The van der Waals surface area contributed by atoms with E-state index in [9.17, 15) is 10.2 Å². The topological polar surface area (TPSA) is 61.7 Å². The highest BCUT2D eigenvalue weighted by Gasteiger charge is 2.36. The van der Waals surface area contributed by atoms with Crippen molar-refractivity contribution in [2.45, 2.75) is 18.5 Å². The zero-order chi connectivity index (χ0) is 13.7. The van der Waals surface area contributed by atoms with Crippen molar-refractivity contribution in [3.63, 3.8) is 0 Å². The SMILES string of the molecule is Oc1cc2c(cc1O)[C@@H]1c3ccccc3CN[C@H]1CO2. The molecule has 0 unspecified atom stereocenters. The smallest absolute Gasteiger partial charge is 0.161 e. The second kappa shape index (κ2) is 4.15. The third kappa shape index (κ3) is 1.58. The molecule has 3 N–H and O–H groups in total. The lowest BCUT2D eigenvalue weighted by Gasteiger charge is -2.39. The van der Waals surface area contributed by atoms with Crippen LogP contribution in [0.3, 0.4) is 0 Å². The number of benzene rings is 2. The minimum absolute atomic E-state index is 0.101. The van der Waals surface area contributed by atoms with Gasteiger partial charge in [-0.2, -0.15) is 0 Å². The first-order valence-electron chi connectivity index (χ1n) is 6.74. The summed E-state index contributed by atoms with van der Waals surface area (Å²) < 4.78 is 5.71. The number of hydrogen-bond donors (Lipinski definition) is 3. The Morgan fingerprint density at radius 3 is 2.75 bits per heavy atom. The van der Waals surface area contributed by atoms with Crippen LogP contribution in [0.2, 0.25) is 0 Å². The highest BCUT2D eigenvalue weighted by Crippen LogP contribution is 2.45. The maximum absolute atomic E-state index is 9.79. The van der Waals surface area contributed by atoms with Crippen LogP contribution in [0.15, 0.2) is 36.4 Å². The molecule has 4 heteroatoms. The molecular formula is C16H15NO3. The largest absolute Gasteiger partial charge is 0.504 e. The van der Waals surface area contributed by atoms with Gasteiger partial charge in [0.1, 0.15) is 12.4 Å². The molecule has 2 atom stereocenters. The van der Waals surface area contributed by atoms with Gasteiger partial charge in [-0.25, -0.2) is 0 Å². The highest BCUT2D eigenvalue weighted by molar-refractivity contribution is 5.55. The van der Waals surface area contributed by atoms with Crippen molar-refractivity contribution in [2.24, 2.45) is 0 Å². The van der Waals surface area contributed by atoms with Gasteiger partial charge in [-0.1, -0.05) is 24.3 Å². The van der Waals surface area contributed by atoms with Gasteiger partial charge in [0.05, 0.1) is 6.04 Å². The monoisotopic (exact) mass is 269 g/mol. The Balaban J connectivity index is 1.92. The van der Waals surface area contributed by atoms with Crippen LogP contribution in [-0.2, 0) is 6.54 Å². The van der Waals surface area contributed by atoms with E-state index in [0.717, 1.165) is 12.1 Å². The molecule has 102 valence electrons. The first-order valence-corrected chi connectivity index (χ1v) is 6.74. The Hall–Kier alpha value is -2.20. The van der Waals surface area contributed by atoms with Gasteiger partial charge in [0.25, 0.3) is 0 Å². The fourth-order valence-corrected chi connectivity index (χ4v) is 3.24. The van der Waals surface area contributed by atoms with E-state index >= 15 is 0 Å². The van der Waals surface area contributed by atoms with Crippen molar-refractivity contribution in [1.82, 2.24) is 5.32 Å². The number of phenols is 2. The summed E-state index contributed by atoms with van der Waals surface area (Å²) in [5.74, 6) is 0.561. The summed E-state index contributed by atoms with van der Waals surface area (Å²) in [4.78, 5) is 0. The van der Waals surface area contributed by atoms with Crippen molar-refractivity contribution in [3.05, 3.63) is 53.1 Å². The van der Waals surface area contributed by atoms with E-state index in [0.29, 0.717) is 12.4 Å². The van der Waals surface area contributed by atoms with Crippen LogP contribution in [0.4, 0.5) is 0 Å². The maximum Gasteiger partial charge on any atom is 0.161 e. The van der Waals surface area contributed by atoms with Gasteiger partial charge in [0, 0.05) is 24.1 Å². The summed E-state index contributed by atoms with van der Waals surface area (Å²) in [5.41, 5.74) is 3.47. The summed E-state index contributed by atoms with van der Waals surface area (Å²) >= 11 is 0. The predicted molar refractivity (Wildman–Crippen MR) is 74.2 cm³/mol. The number of aromatic hydroxyl groups is 2. The zero-order valence-corrected chi connectivity index (χ0v) is 10.8. The van der Waals surface area contributed by atoms with Gasteiger partial charge in [-0.15, -0.1) is 0 Å². The number of nitrogens with one attached hydrogen (secondary N) is 1. The van der Waals surface area contributed by atoms with E-state index in [1.807, 2.05) is 12.1 Å². The maximum atomic E-state index is 9.79. The number of rotatable bonds is 0. The lowest BCUT2D eigenvalue weighted by molar-refractivity contribution is 0.214. The summed E-state index contributed by atoms with van der Waals surface area (Å²) in [5, 5.41) is 22.9. The molecule has 2 aromatic carbocycles. The van der Waals surface area contributed by atoms with E-state index < -0.39 is 0 Å². The second-order valence-corrected chi connectivity index (χ2v) is 5.35. The van der Waals surface area contributed by atoms with Gasteiger partial charge in [0.15, 0.2) is 11.5 Å². The fraction of sp³-hybridized carbons (Fsp3) is 0.250. The van der Waals surface area contributed by atoms with Crippen molar-refractivity contribution in [2.75, 3.05) is 6.61 Å². The van der Waals surface area contributed by atoms with Crippen LogP contribution in [0.5, 0.6) is 17.2 Å². The average molecular weight is 269 g/mol. The van der Waals surface area contributed by atoms with Crippen LogP contribution in [0.1, 0.15) is 22.6 Å². The Morgan fingerprint density at radius 2 is 1.85 bits per heavy atom. The molecule has 0 fully saturated rings. The Bertz CT molecular complexity index is 683. The van der Waals surface area contributed by atoms with Gasteiger partial charge >= 0.3 is 0 Å². The van der Waals surface area contributed by atoms with Crippen LogP contribution in [0, 0.1) is 0 Å². The van der Waals surface area contributed by atoms with E-state index in [4.69, 9.17) is 4.74 Å². The molecule has 4 rings (SSSR count). The first kappa shape index (κ1) is 11.6. The van der Waals surface area contributed by atoms with Crippen LogP contribution in [0.25, 0.3) is 0 Å². The molecule has 4 nitrogen and oxygen atoms in total. The molecule has 0 bridgehead atoms. The molecule has 0 spiro atoms. The number of phenolic OH excluding ortho intramolecular Hbond substituents is 2. The number of fused-ring (bicyclic) bond motifs is 5. The van der Waals surface area contributed by atoms with E-state index in [-0.39, 0.29) is 23.5 Å². The van der Waals surface area contributed by atoms with Crippen LogP contribution < -0.4 is 10.1 Å². The molecule has 0 radical (unpaired) electrons. The molecule has 2 heterocycles. The molecular weight excluding hydrogens is 254 g/mol. The number of hydrogen-bond acceptors (Lipinski definition) is 4. The Morgan fingerprint density at radius 1 is 1.05 bits per heavy atom. The number of ether oxygens (including phenoxy) is 1. The van der Waals surface area contributed by atoms with Crippen molar-refractivity contribution in [1.29, 1.82) is 0 Å². The molecule has 0 saturated heterocycles. The van der Waals surface area contributed by atoms with Gasteiger partial charge in [-0.05, 0) is 17.2 Å². The van der Waals surface area contributed by atoms with Gasteiger partial charge in [-0.3, -0.25) is 0 Å². The Kier molecular flexibility index (Phi) is 2.41.